The van der Waals surface area contributed by atoms with Gasteiger partial charge in [-0.2, -0.15) is 18.3 Å². The van der Waals surface area contributed by atoms with Crippen LogP contribution < -0.4 is 5.32 Å². The molecule has 156 valence electrons. The number of nitrogens with zero attached hydrogens (tertiary/aromatic N) is 3. The predicted octanol–water partition coefficient (Wildman–Crippen LogP) is 3.86. The number of hydrogen-bond donors (Lipinski definition) is 1. The summed E-state index contributed by atoms with van der Waals surface area (Å²) in [6, 6.07) is 9.88. The topological polar surface area (TPSA) is 69.0 Å². The molecule has 6 nitrogen and oxygen atoms in total. The van der Waals surface area contributed by atoms with Gasteiger partial charge in [0.2, 0.25) is 0 Å². The number of amides is 1. The van der Waals surface area contributed by atoms with Crippen LogP contribution in [-0.2, 0) is 10.9 Å². The fraction of sp³-hybridized carbons (Fsp3) is 0.286. The number of pyridine rings is 1. The van der Waals surface area contributed by atoms with Crippen LogP contribution in [0.2, 0.25) is 0 Å². The Hall–Kier alpha value is -3.20. The smallest absolute Gasteiger partial charge is 0.376 e. The van der Waals surface area contributed by atoms with Gasteiger partial charge in [-0.05, 0) is 43.2 Å². The highest BCUT2D eigenvalue weighted by Gasteiger charge is 2.35. The summed E-state index contributed by atoms with van der Waals surface area (Å²) in [7, 11) is 0. The average molecular weight is 416 g/mol. The van der Waals surface area contributed by atoms with E-state index in [1.165, 1.54) is 24.3 Å². The molecule has 0 radical (unpaired) electrons. The quantitative estimate of drug-likeness (QED) is 0.686. The number of nitrogens with one attached hydrogen (secondary N) is 1. The highest BCUT2D eigenvalue weighted by atomic mass is 19.4. The molecule has 3 heterocycles. The van der Waals surface area contributed by atoms with Crippen molar-refractivity contribution in [1.29, 1.82) is 0 Å². The van der Waals surface area contributed by atoms with Gasteiger partial charge >= 0.3 is 6.18 Å². The van der Waals surface area contributed by atoms with Gasteiger partial charge in [0.05, 0.1) is 23.0 Å². The molecular weight excluding hydrogens is 397 g/mol. The Morgan fingerprint density at radius 2 is 1.97 bits per heavy atom. The molecule has 0 spiro atoms. The summed E-state index contributed by atoms with van der Waals surface area (Å²) < 4.78 is 47.3. The second-order valence-corrected chi connectivity index (χ2v) is 6.92. The normalized spacial score (nSPS) is 16.6. The second kappa shape index (κ2) is 8.27. The van der Waals surface area contributed by atoms with Gasteiger partial charge in [-0.3, -0.25) is 9.78 Å². The number of benzene rings is 1. The summed E-state index contributed by atoms with van der Waals surface area (Å²) in [6.45, 7) is 0.930. The SMILES string of the molecule is O=C(NC[C@H]1CCCO1)c1cc(-c2ccncc2)nn1-c1ccccc1C(F)(F)F. The van der Waals surface area contributed by atoms with Gasteiger partial charge in [0.25, 0.3) is 5.91 Å². The number of para-hydroxylation sites is 1. The van der Waals surface area contributed by atoms with Gasteiger partial charge in [-0.25, -0.2) is 4.68 Å². The number of aromatic nitrogens is 3. The van der Waals surface area contributed by atoms with Crippen LogP contribution in [0.5, 0.6) is 0 Å². The molecule has 1 aliphatic heterocycles. The van der Waals surface area contributed by atoms with E-state index in [4.69, 9.17) is 4.74 Å². The first-order valence-corrected chi connectivity index (χ1v) is 9.50. The van der Waals surface area contributed by atoms with Crippen molar-refractivity contribution < 1.29 is 22.7 Å². The molecule has 1 aromatic carbocycles. The van der Waals surface area contributed by atoms with Crippen LogP contribution in [0.3, 0.4) is 0 Å². The predicted molar refractivity (Wildman–Crippen MR) is 103 cm³/mol. The van der Waals surface area contributed by atoms with Crippen LogP contribution >= 0.6 is 0 Å². The lowest BCUT2D eigenvalue weighted by Crippen LogP contribution is -2.33. The van der Waals surface area contributed by atoms with Gasteiger partial charge in [-0.1, -0.05) is 12.1 Å². The molecule has 30 heavy (non-hydrogen) atoms. The molecule has 2 aromatic heterocycles. The number of halogens is 3. The molecule has 0 saturated carbocycles. The molecule has 1 N–H and O–H groups in total. The molecule has 1 saturated heterocycles. The number of rotatable bonds is 5. The Bertz CT molecular complexity index is 1030. The molecule has 0 unspecified atom stereocenters. The monoisotopic (exact) mass is 416 g/mol. The first-order chi connectivity index (χ1) is 14.4. The maximum Gasteiger partial charge on any atom is 0.418 e. The molecule has 9 heteroatoms. The van der Waals surface area contributed by atoms with E-state index < -0.39 is 17.6 Å². The summed E-state index contributed by atoms with van der Waals surface area (Å²) >= 11 is 0. The first-order valence-electron chi connectivity index (χ1n) is 9.50. The summed E-state index contributed by atoms with van der Waals surface area (Å²) in [6.07, 6.45) is 0.171. The third-order valence-corrected chi connectivity index (χ3v) is 4.87. The Kier molecular flexibility index (Phi) is 5.54. The molecular formula is C21H19F3N4O2. The van der Waals surface area contributed by atoms with E-state index in [0.717, 1.165) is 23.6 Å². The summed E-state index contributed by atoms with van der Waals surface area (Å²) in [5, 5.41) is 7.08. The molecule has 3 aromatic rings. The van der Waals surface area contributed by atoms with E-state index in [2.05, 4.69) is 15.4 Å². The fourth-order valence-corrected chi connectivity index (χ4v) is 3.39. The minimum atomic E-state index is -4.59. The fourth-order valence-electron chi connectivity index (χ4n) is 3.39. The molecule has 0 aliphatic carbocycles. The number of alkyl halides is 3. The standard InChI is InChI=1S/C21H19F3N4O2/c22-21(23,24)16-5-1-2-6-18(16)28-19(20(29)26-13-15-4-3-11-30-15)12-17(27-28)14-7-9-25-10-8-14/h1-2,5-10,12,15H,3-4,11,13H2,(H,26,29)/t15-/m1/s1. The Morgan fingerprint density at radius 3 is 2.67 bits per heavy atom. The first kappa shape index (κ1) is 20.1. The van der Waals surface area contributed by atoms with Crippen molar-refractivity contribution in [2.24, 2.45) is 0 Å². The van der Waals surface area contributed by atoms with Gasteiger partial charge in [0, 0.05) is 31.1 Å². The minimum absolute atomic E-state index is 0.0107. The van der Waals surface area contributed by atoms with E-state index >= 15 is 0 Å². The van der Waals surface area contributed by atoms with Crippen LogP contribution in [0.15, 0.2) is 54.9 Å². The molecule has 1 amide bonds. The van der Waals surface area contributed by atoms with E-state index in [9.17, 15) is 18.0 Å². The zero-order valence-electron chi connectivity index (χ0n) is 15.9. The van der Waals surface area contributed by atoms with E-state index in [1.807, 2.05) is 0 Å². The molecule has 1 atom stereocenters. The van der Waals surface area contributed by atoms with E-state index in [0.29, 0.717) is 17.9 Å². The minimum Gasteiger partial charge on any atom is -0.376 e. The second-order valence-electron chi connectivity index (χ2n) is 6.92. The zero-order valence-corrected chi connectivity index (χ0v) is 15.9. The van der Waals surface area contributed by atoms with Crippen molar-refractivity contribution in [1.82, 2.24) is 20.1 Å². The van der Waals surface area contributed by atoms with Crippen molar-refractivity contribution in [3.63, 3.8) is 0 Å². The summed E-state index contributed by atoms with van der Waals surface area (Å²) in [4.78, 5) is 16.8. The molecule has 1 fully saturated rings. The van der Waals surface area contributed by atoms with Crippen molar-refractivity contribution in [3.05, 3.63) is 66.1 Å². The van der Waals surface area contributed by atoms with Crippen molar-refractivity contribution in [3.8, 4) is 16.9 Å². The Balaban J connectivity index is 1.75. The zero-order chi connectivity index (χ0) is 21.1. The molecule has 0 bridgehead atoms. The lowest BCUT2D eigenvalue weighted by molar-refractivity contribution is -0.137. The van der Waals surface area contributed by atoms with Crippen molar-refractivity contribution in [2.45, 2.75) is 25.1 Å². The van der Waals surface area contributed by atoms with Gasteiger partial charge < -0.3 is 10.1 Å². The number of hydrogen-bond acceptors (Lipinski definition) is 4. The van der Waals surface area contributed by atoms with E-state index in [1.54, 1.807) is 24.5 Å². The molecule has 1 aliphatic rings. The van der Waals surface area contributed by atoms with Crippen LogP contribution in [0, 0.1) is 0 Å². The lowest BCUT2D eigenvalue weighted by atomic mass is 10.1. The average Bonchev–Trinajstić information content (AvgIpc) is 3.42. The van der Waals surface area contributed by atoms with Crippen LogP contribution in [-0.4, -0.2) is 39.9 Å². The lowest BCUT2D eigenvalue weighted by Gasteiger charge is -2.15. The highest BCUT2D eigenvalue weighted by Crippen LogP contribution is 2.34. The summed E-state index contributed by atoms with van der Waals surface area (Å²) in [5.41, 5.74) is -0.0651. The number of carbonyl (C=O) groups excluding carboxylic acids is 1. The maximum absolute atomic E-state index is 13.6. The van der Waals surface area contributed by atoms with Crippen molar-refractivity contribution >= 4 is 5.91 Å². The third kappa shape index (κ3) is 4.20. The summed E-state index contributed by atoms with van der Waals surface area (Å²) in [5.74, 6) is -0.518. The van der Waals surface area contributed by atoms with Crippen LogP contribution in [0.1, 0.15) is 28.9 Å². The van der Waals surface area contributed by atoms with Crippen LogP contribution in [0.25, 0.3) is 16.9 Å². The Labute approximate surface area is 170 Å². The van der Waals surface area contributed by atoms with Crippen LogP contribution in [0.4, 0.5) is 13.2 Å². The number of ether oxygens (including phenoxy) is 1. The molecule has 4 rings (SSSR count). The van der Waals surface area contributed by atoms with Gasteiger partial charge in [-0.15, -0.1) is 0 Å². The number of carbonyl (C=O) groups is 1. The van der Waals surface area contributed by atoms with Crippen molar-refractivity contribution in [2.75, 3.05) is 13.2 Å². The van der Waals surface area contributed by atoms with Gasteiger partial charge in [0.15, 0.2) is 0 Å². The largest absolute Gasteiger partial charge is 0.418 e. The highest BCUT2D eigenvalue weighted by molar-refractivity contribution is 5.94. The van der Waals surface area contributed by atoms with Gasteiger partial charge in [0.1, 0.15) is 5.69 Å². The Morgan fingerprint density at radius 1 is 1.20 bits per heavy atom. The van der Waals surface area contributed by atoms with E-state index in [-0.39, 0.29) is 24.0 Å². The third-order valence-electron chi connectivity index (χ3n) is 4.87. The maximum atomic E-state index is 13.6.